The third-order valence-electron chi connectivity index (χ3n) is 5.24. The summed E-state index contributed by atoms with van der Waals surface area (Å²) in [6.07, 6.45) is 13.5. The maximum atomic E-state index is 5.63. The number of ether oxygens (including phenoxy) is 5. The molecule has 0 atom stereocenters. The Morgan fingerprint density at radius 1 is 0.531 bits per heavy atom. The van der Waals surface area contributed by atoms with Crippen molar-refractivity contribution in [3.63, 3.8) is 0 Å². The second-order valence-electron chi connectivity index (χ2n) is 8.30. The van der Waals surface area contributed by atoms with E-state index in [-0.39, 0.29) is 0 Å². The molecular weight excluding hydrogens is 404 g/mol. The average Bonchev–Trinajstić information content (AvgIpc) is 2.79. The molecule has 0 radical (unpaired) electrons. The van der Waals surface area contributed by atoms with Crippen LogP contribution in [0.5, 0.6) is 5.75 Å². The van der Waals surface area contributed by atoms with Gasteiger partial charge < -0.3 is 23.7 Å². The van der Waals surface area contributed by atoms with E-state index in [4.69, 9.17) is 23.7 Å². The van der Waals surface area contributed by atoms with Crippen molar-refractivity contribution < 1.29 is 23.7 Å². The molecule has 0 aliphatic rings. The molecule has 32 heavy (non-hydrogen) atoms. The lowest BCUT2D eigenvalue weighted by molar-refractivity contribution is -0.00487. The number of aryl methyl sites for hydroxylation is 1. The normalized spacial score (nSPS) is 11.2. The summed E-state index contributed by atoms with van der Waals surface area (Å²) in [6, 6.07) is 8.02. The van der Waals surface area contributed by atoms with Gasteiger partial charge in [0, 0.05) is 6.61 Å². The maximum Gasteiger partial charge on any atom is 0.119 e. The van der Waals surface area contributed by atoms with E-state index in [0.717, 1.165) is 18.8 Å². The smallest absolute Gasteiger partial charge is 0.119 e. The second kappa shape index (κ2) is 23.0. The summed E-state index contributed by atoms with van der Waals surface area (Å²) in [5.41, 5.74) is 1.19. The zero-order valence-corrected chi connectivity index (χ0v) is 20.8. The molecule has 0 saturated heterocycles. The molecular formula is C27H48O5. The Morgan fingerprint density at radius 3 is 1.53 bits per heavy atom. The third-order valence-corrected chi connectivity index (χ3v) is 5.24. The lowest BCUT2D eigenvalue weighted by Crippen LogP contribution is -2.13. The maximum absolute atomic E-state index is 5.63. The zero-order chi connectivity index (χ0) is 23.0. The van der Waals surface area contributed by atoms with Crippen LogP contribution < -0.4 is 4.74 Å². The molecule has 0 bridgehead atoms. The van der Waals surface area contributed by atoms with Gasteiger partial charge in [0.1, 0.15) is 12.4 Å². The van der Waals surface area contributed by atoms with Crippen molar-refractivity contribution >= 4 is 0 Å². The Morgan fingerprint density at radius 2 is 1.00 bits per heavy atom. The summed E-state index contributed by atoms with van der Waals surface area (Å²) < 4.78 is 27.8. The Bertz CT molecular complexity index is 509. The molecule has 0 N–H and O–H groups in total. The van der Waals surface area contributed by atoms with Crippen molar-refractivity contribution in [2.75, 3.05) is 59.5 Å². The summed E-state index contributed by atoms with van der Waals surface area (Å²) in [4.78, 5) is 0. The van der Waals surface area contributed by atoms with E-state index in [1.807, 2.05) is 18.2 Å². The minimum atomic E-state index is 0.547. The highest BCUT2D eigenvalue weighted by Crippen LogP contribution is 2.12. The van der Waals surface area contributed by atoms with Gasteiger partial charge in [0.05, 0.1) is 46.2 Å². The molecule has 0 unspecified atom stereocenters. The van der Waals surface area contributed by atoms with Crippen LogP contribution in [0.2, 0.25) is 0 Å². The lowest BCUT2D eigenvalue weighted by Gasteiger charge is -2.09. The molecule has 0 amide bonds. The van der Waals surface area contributed by atoms with Gasteiger partial charge >= 0.3 is 0 Å². The molecule has 0 aliphatic heterocycles. The first-order valence-electron chi connectivity index (χ1n) is 12.8. The standard InChI is InChI=1S/C27H48O5/c1-3-4-5-6-7-8-9-10-11-12-16-28-17-18-29-19-20-30-21-22-31-23-24-32-27-15-13-14-26(2)25-27/h13-15,25H,3-12,16-24H2,1-2H3. The molecule has 0 fully saturated rings. The van der Waals surface area contributed by atoms with Gasteiger partial charge in [-0.2, -0.15) is 0 Å². The van der Waals surface area contributed by atoms with Crippen molar-refractivity contribution in [3.05, 3.63) is 29.8 Å². The lowest BCUT2D eigenvalue weighted by atomic mass is 10.1. The molecule has 186 valence electrons. The van der Waals surface area contributed by atoms with Gasteiger partial charge in [0.25, 0.3) is 0 Å². The van der Waals surface area contributed by atoms with Crippen LogP contribution in [0, 0.1) is 6.92 Å². The largest absolute Gasteiger partial charge is 0.491 e. The number of benzene rings is 1. The first kappa shape index (κ1) is 28.9. The van der Waals surface area contributed by atoms with Gasteiger partial charge in [-0.05, 0) is 31.0 Å². The van der Waals surface area contributed by atoms with E-state index in [2.05, 4.69) is 19.9 Å². The third kappa shape index (κ3) is 19.5. The predicted octanol–water partition coefficient (Wildman–Crippen LogP) is 6.36. The predicted molar refractivity (Wildman–Crippen MR) is 132 cm³/mol. The Balaban J connectivity index is 1.67. The summed E-state index contributed by atoms with van der Waals surface area (Å²) in [5, 5.41) is 0. The van der Waals surface area contributed by atoms with Gasteiger partial charge in [0.2, 0.25) is 0 Å². The van der Waals surface area contributed by atoms with E-state index in [9.17, 15) is 0 Å². The van der Waals surface area contributed by atoms with Crippen molar-refractivity contribution in [2.45, 2.75) is 78.1 Å². The van der Waals surface area contributed by atoms with E-state index in [1.54, 1.807) is 0 Å². The Labute approximate surface area is 197 Å². The highest BCUT2D eigenvalue weighted by molar-refractivity contribution is 5.27. The first-order valence-corrected chi connectivity index (χ1v) is 12.8. The van der Waals surface area contributed by atoms with Gasteiger partial charge in [-0.25, -0.2) is 0 Å². The van der Waals surface area contributed by atoms with E-state index >= 15 is 0 Å². The number of rotatable bonds is 24. The highest BCUT2D eigenvalue weighted by atomic mass is 16.6. The van der Waals surface area contributed by atoms with Crippen LogP contribution in [0.15, 0.2) is 24.3 Å². The van der Waals surface area contributed by atoms with Crippen LogP contribution in [0.3, 0.4) is 0 Å². The molecule has 5 nitrogen and oxygen atoms in total. The van der Waals surface area contributed by atoms with Crippen LogP contribution in [0.1, 0.15) is 76.7 Å². The molecule has 0 heterocycles. The van der Waals surface area contributed by atoms with Crippen LogP contribution >= 0.6 is 0 Å². The fraction of sp³-hybridized carbons (Fsp3) is 0.778. The zero-order valence-electron chi connectivity index (χ0n) is 20.8. The average molecular weight is 453 g/mol. The molecule has 0 aliphatic carbocycles. The molecule has 1 aromatic rings. The van der Waals surface area contributed by atoms with Crippen LogP contribution in [-0.2, 0) is 18.9 Å². The van der Waals surface area contributed by atoms with Crippen molar-refractivity contribution in [2.24, 2.45) is 0 Å². The number of hydrogen-bond acceptors (Lipinski definition) is 5. The Kier molecular flexibility index (Phi) is 20.8. The van der Waals surface area contributed by atoms with Gasteiger partial charge in [-0.15, -0.1) is 0 Å². The minimum Gasteiger partial charge on any atom is -0.491 e. The monoisotopic (exact) mass is 452 g/mol. The second-order valence-corrected chi connectivity index (χ2v) is 8.30. The quantitative estimate of drug-likeness (QED) is 0.171. The first-order chi connectivity index (χ1) is 15.8. The van der Waals surface area contributed by atoms with E-state index < -0.39 is 0 Å². The minimum absolute atomic E-state index is 0.547. The number of unbranched alkanes of at least 4 members (excludes halogenated alkanes) is 9. The van der Waals surface area contributed by atoms with Crippen LogP contribution in [-0.4, -0.2) is 59.5 Å². The van der Waals surface area contributed by atoms with Crippen molar-refractivity contribution in [1.29, 1.82) is 0 Å². The van der Waals surface area contributed by atoms with Gasteiger partial charge in [-0.1, -0.05) is 76.8 Å². The summed E-state index contributed by atoms with van der Waals surface area (Å²) >= 11 is 0. The summed E-state index contributed by atoms with van der Waals surface area (Å²) in [7, 11) is 0. The van der Waals surface area contributed by atoms with E-state index in [1.165, 1.54) is 63.4 Å². The summed E-state index contributed by atoms with van der Waals surface area (Å²) in [5.74, 6) is 0.884. The molecule has 0 spiro atoms. The molecule has 5 heteroatoms. The molecule has 0 aromatic heterocycles. The summed E-state index contributed by atoms with van der Waals surface area (Å²) in [6.45, 7) is 9.90. The number of hydrogen-bond donors (Lipinski definition) is 0. The molecule has 1 aromatic carbocycles. The van der Waals surface area contributed by atoms with E-state index in [0.29, 0.717) is 52.9 Å². The molecule has 0 saturated carbocycles. The van der Waals surface area contributed by atoms with Crippen LogP contribution in [0.4, 0.5) is 0 Å². The Hall–Kier alpha value is -1.14. The fourth-order valence-electron chi connectivity index (χ4n) is 3.38. The van der Waals surface area contributed by atoms with Gasteiger partial charge in [0.15, 0.2) is 0 Å². The topological polar surface area (TPSA) is 46.2 Å². The SMILES string of the molecule is CCCCCCCCCCCCOCCOCCOCCOCCOc1cccc(C)c1. The van der Waals surface area contributed by atoms with Crippen molar-refractivity contribution in [1.82, 2.24) is 0 Å². The van der Waals surface area contributed by atoms with Crippen molar-refractivity contribution in [3.8, 4) is 5.75 Å². The highest BCUT2D eigenvalue weighted by Gasteiger charge is 1.96. The van der Waals surface area contributed by atoms with Crippen LogP contribution in [0.25, 0.3) is 0 Å². The fourth-order valence-corrected chi connectivity index (χ4v) is 3.38. The van der Waals surface area contributed by atoms with Gasteiger partial charge in [-0.3, -0.25) is 0 Å². The molecule has 1 rings (SSSR count).